The number of aromatic nitrogens is 3. The van der Waals surface area contributed by atoms with Gasteiger partial charge in [-0.2, -0.15) is 4.98 Å². The van der Waals surface area contributed by atoms with E-state index < -0.39 is 34.6 Å². The van der Waals surface area contributed by atoms with Crippen LogP contribution in [0.4, 0.5) is 4.39 Å². The van der Waals surface area contributed by atoms with Crippen LogP contribution >= 0.6 is 11.6 Å². The number of amides is 1. The van der Waals surface area contributed by atoms with Gasteiger partial charge >= 0.3 is 0 Å². The smallest absolute Gasteiger partial charge is 0.290 e. The SMILES string of the molecule is COc1cccc(-c2nc(=O)c(C(=O)N3CCC(c4ncc(Cl)cc4F)C3)c(O)n2-c2c(OC)cccc2OC)c1. The van der Waals surface area contributed by atoms with Crippen LogP contribution in [0.1, 0.15) is 28.4 Å². The molecule has 0 aliphatic carbocycles. The molecule has 1 unspecified atom stereocenters. The Labute approximate surface area is 239 Å². The fourth-order valence-corrected chi connectivity index (χ4v) is 5.11. The molecule has 0 spiro atoms. The molecular weight excluding hydrogens is 555 g/mol. The molecule has 1 aliphatic heterocycles. The van der Waals surface area contributed by atoms with Gasteiger partial charge in [-0.05, 0) is 36.8 Å². The number of likely N-dealkylation sites (tertiary alicyclic amines) is 1. The lowest BCUT2D eigenvalue weighted by Gasteiger charge is -2.22. The van der Waals surface area contributed by atoms with Gasteiger partial charge in [-0.15, -0.1) is 0 Å². The van der Waals surface area contributed by atoms with E-state index in [2.05, 4.69) is 9.97 Å². The molecular formula is C29H26ClFN4O6. The molecule has 3 heterocycles. The molecule has 2 aromatic carbocycles. The van der Waals surface area contributed by atoms with Gasteiger partial charge < -0.3 is 24.2 Å². The number of benzene rings is 2. The maximum atomic E-state index is 14.5. The van der Waals surface area contributed by atoms with E-state index in [1.165, 1.54) is 43.1 Å². The Morgan fingerprint density at radius 2 is 1.78 bits per heavy atom. The first-order chi connectivity index (χ1) is 19.8. The number of methoxy groups -OCH3 is 3. The summed E-state index contributed by atoms with van der Waals surface area (Å²) in [7, 11) is 4.38. The fourth-order valence-electron chi connectivity index (χ4n) is 4.97. The molecule has 10 nitrogen and oxygen atoms in total. The highest BCUT2D eigenvalue weighted by Crippen LogP contribution is 2.39. The lowest BCUT2D eigenvalue weighted by molar-refractivity contribution is 0.0784. The highest BCUT2D eigenvalue weighted by atomic mass is 35.5. The minimum absolute atomic E-state index is 0.0254. The Balaban J connectivity index is 1.66. The van der Waals surface area contributed by atoms with Gasteiger partial charge in [0.2, 0.25) is 5.88 Å². The van der Waals surface area contributed by atoms with E-state index in [9.17, 15) is 19.1 Å². The number of pyridine rings is 1. The van der Waals surface area contributed by atoms with Crippen LogP contribution in [0.2, 0.25) is 5.02 Å². The second-order valence-corrected chi connectivity index (χ2v) is 9.71. The van der Waals surface area contributed by atoms with Crippen LogP contribution < -0.4 is 19.8 Å². The lowest BCUT2D eigenvalue weighted by atomic mass is 10.0. The molecule has 12 heteroatoms. The summed E-state index contributed by atoms with van der Waals surface area (Å²) in [5.74, 6) is -1.31. The minimum Gasteiger partial charge on any atom is -0.497 e. The van der Waals surface area contributed by atoms with Crippen molar-refractivity contribution in [2.75, 3.05) is 34.4 Å². The molecule has 1 N–H and O–H groups in total. The number of halogens is 2. The molecule has 212 valence electrons. The molecule has 1 fully saturated rings. The number of nitrogens with zero attached hydrogens (tertiary/aromatic N) is 4. The fraction of sp³-hybridized carbons (Fsp3) is 0.241. The van der Waals surface area contributed by atoms with Crippen molar-refractivity contribution in [1.82, 2.24) is 19.4 Å². The van der Waals surface area contributed by atoms with Crippen molar-refractivity contribution in [2.45, 2.75) is 12.3 Å². The highest BCUT2D eigenvalue weighted by Gasteiger charge is 2.35. The van der Waals surface area contributed by atoms with E-state index in [1.54, 1.807) is 42.5 Å². The number of aromatic hydroxyl groups is 1. The van der Waals surface area contributed by atoms with Crippen molar-refractivity contribution in [3.05, 3.63) is 87.2 Å². The first-order valence-corrected chi connectivity index (χ1v) is 13.0. The average Bonchev–Trinajstić information content (AvgIpc) is 3.46. The third-order valence-electron chi connectivity index (χ3n) is 6.93. The third kappa shape index (κ3) is 5.16. The van der Waals surface area contributed by atoms with Crippen LogP contribution in [-0.4, -0.2) is 64.9 Å². The van der Waals surface area contributed by atoms with E-state index in [4.69, 9.17) is 25.8 Å². The first-order valence-electron chi connectivity index (χ1n) is 12.6. The summed E-state index contributed by atoms with van der Waals surface area (Å²) in [6, 6.07) is 12.9. The van der Waals surface area contributed by atoms with Crippen molar-refractivity contribution in [3.63, 3.8) is 0 Å². The maximum Gasteiger partial charge on any atom is 0.290 e. The zero-order valence-corrected chi connectivity index (χ0v) is 23.2. The summed E-state index contributed by atoms with van der Waals surface area (Å²) in [5.41, 5.74) is -0.656. The van der Waals surface area contributed by atoms with Gasteiger partial charge in [0, 0.05) is 30.8 Å². The summed E-state index contributed by atoms with van der Waals surface area (Å²) in [5, 5.41) is 11.8. The quantitative estimate of drug-likeness (QED) is 0.341. The Morgan fingerprint density at radius 3 is 2.44 bits per heavy atom. The lowest BCUT2D eigenvalue weighted by Crippen LogP contribution is -2.34. The molecule has 41 heavy (non-hydrogen) atoms. The van der Waals surface area contributed by atoms with Crippen LogP contribution in [0.3, 0.4) is 0 Å². The molecule has 1 atom stereocenters. The zero-order chi connectivity index (χ0) is 29.3. The van der Waals surface area contributed by atoms with Crippen LogP contribution in [0.25, 0.3) is 17.1 Å². The molecule has 0 saturated carbocycles. The van der Waals surface area contributed by atoms with Crippen LogP contribution in [0, 0.1) is 5.82 Å². The standard InChI is InChI=1S/C29H26ClFN4O6/c1-39-19-7-4-6-16(12-19)26-33-27(36)23(29(38)35(26)25-21(40-2)8-5-9-22(25)41-3)28(37)34-11-10-17(15-34)24-20(31)13-18(30)14-32-24/h4-9,12-14,17,38H,10-11,15H2,1-3H3. The second kappa shape index (κ2) is 11.5. The normalized spacial score (nSPS) is 14.7. The average molecular weight is 581 g/mol. The highest BCUT2D eigenvalue weighted by molar-refractivity contribution is 6.30. The summed E-state index contributed by atoms with van der Waals surface area (Å²) in [6.45, 7) is 0.292. The summed E-state index contributed by atoms with van der Waals surface area (Å²) < 4.78 is 32.2. The van der Waals surface area contributed by atoms with Crippen molar-refractivity contribution in [1.29, 1.82) is 0 Å². The van der Waals surface area contributed by atoms with Crippen molar-refractivity contribution in [3.8, 4) is 40.2 Å². The number of ether oxygens (including phenoxy) is 3. The Bertz CT molecular complexity index is 1670. The summed E-state index contributed by atoms with van der Waals surface area (Å²) in [4.78, 5) is 36.9. The largest absolute Gasteiger partial charge is 0.497 e. The van der Waals surface area contributed by atoms with E-state index in [-0.39, 0.29) is 46.8 Å². The molecule has 1 amide bonds. The monoisotopic (exact) mass is 580 g/mol. The van der Waals surface area contributed by atoms with Gasteiger partial charge in [-0.25, -0.2) is 4.39 Å². The van der Waals surface area contributed by atoms with Gasteiger partial charge in [0.25, 0.3) is 11.5 Å². The minimum atomic E-state index is -0.935. The molecule has 1 saturated heterocycles. The van der Waals surface area contributed by atoms with Gasteiger partial charge in [-0.1, -0.05) is 29.8 Å². The number of hydrogen-bond acceptors (Lipinski definition) is 8. The zero-order valence-electron chi connectivity index (χ0n) is 22.4. The number of carbonyl (C=O) groups excluding carboxylic acids is 1. The summed E-state index contributed by atoms with van der Waals surface area (Å²) >= 11 is 5.84. The molecule has 4 aromatic rings. The first kappa shape index (κ1) is 27.9. The van der Waals surface area contributed by atoms with E-state index in [0.717, 1.165) is 0 Å². The van der Waals surface area contributed by atoms with Crippen molar-refractivity contribution < 1.29 is 28.5 Å². The molecule has 0 bridgehead atoms. The third-order valence-corrected chi connectivity index (χ3v) is 7.14. The Kier molecular flexibility index (Phi) is 7.80. The Morgan fingerprint density at radius 1 is 1.07 bits per heavy atom. The molecule has 5 rings (SSSR count). The van der Waals surface area contributed by atoms with Crippen LogP contribution in [-0.2, 0) is 0 Å². The molecule has 2 aromatic heterocycles. The second-order valence-electron chi connectivity index (χ2n) is 9.28. The Hall–Kier alpha value is -4.64. The van der Waals surface area contributed by atoms with Gasteiger partial charge in [0.15, 0.2) is 11.4 Å². The van der Waals surface area contributed by atoms with E-state index in [0.29, 0.717) is 17.7 Å². The number of hydrogen-bond donors (Lipinski definition) is 1. The van der Waals surface area contributed by atoms with Gasteiger partial charge in [0.05, 0.1) is 32.0 Å². The van der Waals surface area contributed by atoms with E-state index in [1.807, 2.05) is 0 Å². The van der Waals surface area contributed by atoms with Gasteiger partial charge in [-0.3, -0.25) is 19.1 Å². The summed E-state index contributed by atoms with van der Waals surface area (Å²) in [6.07, 6.45) is 1.75. The molecule has 0 radical (unpaired) electrons. The number of rotatable bonds is 7. The maximum absolute atomic E-state index is 14.5. The van der Waals surface area contributed by atoms with E-state index >= 15 is 0 Å². The van der Waals surface area contributed by atoms with Gasteiger partial charge in [0.1, 0.15) is 28.8 Å². The number of carbonyl (C=O) groups is 1. The predicted molar refractivity (Wildman–Crippen MR) is 149 cm³/mol. The van der Waals surface area contributed by atoms with Crippen molar-refractivity contribution in [2.24, 2.45) is 0 Å². The topological polar surface area (TPSA) is 116 Å². The predicted octanol–water partition coefficient (Wildman–Crippen LogP) is 4.45. The number of para-hydroxylation sites is 1. The molecule has 1 aliphatic rings. The van der Waals surface area contributed by atoms with Crippen molar-refractivity contribution >= 4 is 17.5 Å². The van der Waals surface area contributed by atoms with Crippen LogP contribution in [0.15, 0.2) is 59.5 Å². The van der Waals surface area contributed by atoms with Crippen LogP contribution in [0.5, 0.6) is 23.1 Å².